The highest BCUT2D eigenvalue weighted by Gasteiger charge is 2.52. The van der Waals surface area contributed by atoms with Crippen LogP contribution in [0.3, 0.4) is 0 Å². The largest absolute Gasteiger partial charge is 0.491 e. The second-order valence-electron chi connectivity index (χ2n) is 6.94. The molecule has 2 aromatic rings. The molecule has 0 bridgehead atoms. The van der Waals surface area contributed by atoms with Crippen molar-refractivity contribution in [1.29, 1.82) is 0 Å². The molecule has 0 atom stereocenters. The molecule has 5 heteroatoms. The quantitative estimate of drug-likeness (QED) is 0.885. The topological polar surface area (TPSA) is 57.4 Å². The number of benzene rings is 1. The molecule has 0 saturated carbocycles. The Kier molecular flexibility index (Phi) is 4.04. The lowest BCUT2D eigenvalue weighted by molar-refractivity contribution is 0.00578. The van der Waals surface area contributed by atoms with Gasteiger partial charge >= 0.3 is 7.12 Å². The SMILES string of the molecule is CC1(C)OB(C(=Cc2ccc3ccccc3n2)CN)OC1(C)C. The fraction of sp³-hybridized carbons (Fsp3) is 0.389. The Labute approximate surface area is 137 Å². The van der Waals surface area contributed by atoms with E-state index in [0.29, 0.717) is 6.54 Å². The zero-order valence-electron chi connectivity index (χ0n) is 14.2. The number of rotatable bonds is 3. The van der Waals surface area contributed by atoms with Gasteiger partial charge < -0.3 is 15.0 Å². The van der Waals surface area contributed by atoms with Crippen molar-refractivity contribution in [3.8, 4) is 0 Å². The molecule has 0 spiro atoms. The third-order valence-corrected chi connectivity index (χ3v) is 4.74. The van der Waals surface area contributed by atoms with Crippen LogP contribution in [0, 0.1) is 0 Å². The van der Waals surface area contributed by atoms with Gasteiger partial charge in [0, 0.05) is 11.9 Å². The fourth-order valence-corrected chi connectivity index (χ4v) is 2.57. The maximum atomic E-state index is 6.08. The first-order valence-electron chi connectivity index (χ1n) is 7.94. The van der Waals surface area contributed by atoms with Gasteiger partial charge in [-0.2, -0.15) is 0 Å². The third kappa shape index (κ3) is 3.04. The highest BCUT2D eigenvalue weighted by molar-refractivity contribution is 6.55. The first-order chi connectivity index (χ1) is 10.8. The van der Waals surface area contributed by atoms with E-state index in [4.69, 9.17) is 15.0 Å². The summed E-state index contributed by atoms with van der Waals surface area (Å²) in [7, 11) is -0.432. The van der Waals surface area contributed by atoms with Crippen LogP contribution < -0.4 is 5.73 Å². The summed E-state index contributed by atoms with van der Waals surface area (Å²) >= 11 is 0. The predicted molar refractivity (Wildman–Crippen MR) is 94.9 cm³/mol. The molecule has 120 valence electrons. The highest BCUT2D eigenvalue weighted by Crippen LogP contribution is 2.38. The van der Waals surface area contributed by atoms with Crippen molar-refractivity contribution >= 4 is 24.1 Å². The predicted octanol–water partition coefficient (Wildman–Crippen LogP) is 3.21. The van der Waals surface area contributed by atoms with E-state index in [-0.39, 0.29) is 11.2 Å². The number of aromatic nitrogens is 1. The Morgan fingerprint density at radius 2 is 1.74 bits per heavy atom. The van der Waals surface area contributed by atoms with E-state index in [1.54, 1.807) is 0 Å². The van der Waals surface area contributed by atoms with Crippen molar-refractivity contribution in [1.82, 2.24) is 4.98 Å². The molecule has 1 aromatic carbocycles. The van der Waals surface area contributed by atoms with Gasteiger partial charge in [0.25, 0.3) is 0 Å². The second-order valence-corrected chi connectivity index (χ2v) is 6.94. The third-order valence-electron chi connectivity index (χ3n) is 4.74. The van der Waals surface area contributed by atoms with Gasteiger partial charge in [-0.1, -0.05) is 24.3 Å². The number of pyridine rings is 1. The minimum atomic E-state index is -0.432. The minimum absolute atomic E-state index is 0.366. The van der Waals surface area contributed by atoms with Crippen LogP contribution in [-0.4, -0.2) is 29.8 Å². The van der Waals surface area contributed by atoms with Gasteiger partial charge in [0.15, 0.2) is 0 Å². The molecule has 1 fully saturated rings. The molecule has 4 nitrogen and oxygen atoms in total. The molecule has 3 rings (SSSR count). The maximum absolute atomic E-state index is 6.08. The Balaban J connectivity index is 1.92. The van der Waals surface area contributed by atoms with Gasteiger partial charge in [0.05, 0.1) is 22.4 Å². The van der Waals surface area contributed by atoms with Crippen molar-refractivity contribution in [3.05, 3.63) is 47.6 Å². The minimum Gasteiger partial charge on any atom is -0.400 e. The van der Waals surface area contributed by atoms with Gasteiger partial charge in [-0.05, 0) is 51.4 Å². The summed E-state index contributed by atoms with van der Waals surface area (Å²) in [6.07, 6.45) is 1.97. The van der Waals surface area contributed by atoms with E-state index in [9.17, 15) is 0 Å². The molecule has 1 aromatic heterocycles. The lowest BCUT2D eigenvalue weighted by atomic mass is 9.77. The van der Waals surface area contributed by atoms with Crippen molar-refractivity contribution in [2.24, 2.45) is 5.73 Å². The maximum Gasteiger partial charge on any atom is 0.491 e. The average Bonchev–Trinajstić information content (AvgIpc) is 2.72. The first-order valence-corrected chi connectivity index (χ1v) is 7.94. The zero-order chi connectivity index (χ0) is 16.7. The molecule has 0 radical (unpaired) electrons. The van der Waals surface area contributed by atoms with Gasteiger partial charge in [-0.15, -0.1) is 0 Å². The van der Waals surface area contributed by atoms with Crippen LogP contribution in [0.5, 0.6) is 0 Å². The fourth-order valence-electron chi connectivity index (χ4n) is 2.57. The monoisotopic (exact) mass is 310 g/mol. The van der Waals surface area contributed by atoms with Gasteiger partial charge in [0.2, 0.25) is 0 Å². The van der Waals surface area contributed by atoms with Crippen LogP contribution in [-0.2, 0) is 9.31 Å². The summed E-state index contributed by atoms with van der Waals surface area (Å²) < 4.78 is 12.2. The van der Waals surface area contributed by atoms with Crippen molar-refractivity contribution in [3.63, 3.8) is 0 Å². The van der Waals surface area contributed by atoms with Crippen LogP contribution in [0.1, 0.15) is 33.4 Å². The number of hydrogen-bond acceptors (Lipinski definition) is 4. The van der Waals surface area contributed by atoms with Gasteiger partial charge in [0.1, 0.15) is 0 Å². The molecular formula is C18H23BN2O2. The van der Waals surface area contributed by atoms with Crippen LogP contribution in [0.4, 0.5) is 0 Å². The van der Waals surface area contributed by atoms with E-state index in [1.165, 1.54) is 0 Å². The number of para-hydroxylation sites is 1. The van der Waals surface area contributed by atoms with Gasteiger partial charge in [-0.3, -0.25) is 0 Å². The molecule has 0 amide bonds. The standard InChI is InChI=1S/C18H23BN2O2/c1-17(2)18(3,4)23-19(22-17)14(12-20)11-15-10-9-13-7-5-6-8-16(13)21-15/h5-11H,12,20H2,1-4H3. The van der Waals surface area contributed by atoms with Crippen LogP contribution in [0.2, 0.25) is 0 Å². The summed E-state index contributed by atoms with van der Waals surface area (Å²) in [5, 5.41) is 1.12. The molecule has 1 aliphatic rings. The van der Waals surface area contributed by atoms with E-state index in [1.807, 2.05) is 64.1 Å². The summed E-state index contributed by atoms with van der Waals surface area (Å²) in [6.45, 7) is 8.51. The smallest absolute Gasteiger partial charge is 0.400 e. The molecule has 0 aliphatic carbocycles. The second kappa shape index (κ2) is 5.75. The molecule has 23 heavy (non-hydrogen) atoms. The summed E-state index contributed by atoms with van der Waals surface area (Å²) in [6, 6.07) is 12.1. The zero-order valence-corrected chi connectivity index (χ0v) is 14.2. The Hall–Kier alpha value is -1.69. The molecule has 0 unspecified atom stereocenters. The normalized spacial score (nSPS) is 20.2. The summed E-state index contributed by atoms with van der Waals surface area (Å²) in [5.74, 6) is 0. The first kappa shape index (κ1) is 16.2. The summed E-state index contributed by atoms with van der Waals surface area (Å²) in [5.41, 5.74) is 7.91. The number of hydrogen-bond donors (Lipinski definition) is 1. The van der Waals surface area contributed by atoms with Crippen molar-refractivity contribution < 1.29 is 9.31 Å². The van der Waals surface area contributed by atoms with Gasteiger partial charge in [-0.25, -0.2) is 4.98 Å². The highest BCUT2D eigenvalue weighted by atomic mass is 16.7. The number of nitrogens with two attached hydrogens (primary N) is 1. The Morgan fingerprint density at radius 1 is 1.09 bits per heavy atom. The van der Waals surface area contributed by atoms with E-state index < -0.39 is 7.12 Å². The lowest BCUT2D eigenvalue weighted by Crippen LogP contribution is -2.41. The van der Waals surface area contributed by atoms with Crippen LogP contribution >= 0.6 is 0 Å². The van der Waals surface area contributed by atoms with Crippen LogP contribution in [0.25, 0.3) is 17.0 Å². The molecular weight excluding hydrogens is 287 g/mol. The average molecular weight is 310 g/mol. The van der Waals surface area contributed by atoms with E-state index >= 15 is 0 Å². The number of nitrogens with zero attached hydrogens (tertiary/aromatic N) is 1. The Morgan fingerprint density at radius 3 is 2.39 bits per heavy atom. The van der Waals surface area contributed by atoms with E-state index in [2.05, 4.69) is 11.1 Å². The molecule has 1 aliphatic heterocycles. The van der Waals surface area contributed by atoms with Crippen molar-refractivity contribution in [2.45, 2.75) is 38.9 Å². The van der Waals surface area contributed by atoms with Crippen LogP contribution in [0.15, 0.2) is 41.9 Å². The summed E-state index contributed by atoms with van der Waals surface area (Å²) in [4.78, 5) is 4.66. The Bertz CT molecular complexity index is 740. The molecule has 2 heterocycles. The molecule has 1 saturated heterocycles. The lowest BCUT2D eigenvalue weighted by Gasteiger charge is -2.32. The van der Waals surface area contributed by atoms with E-state index in [0.717, 1.165) is 22.1 Å². The molecule has 2 N–H and O–H groups in total. The number of fused-ring (bicyclic) bond motifs is 1. The van der Waals surface area contributed by atoms with Crippen molar-refractivity contribution in [2.75, 3.05) is 6.54 Å².